The molecule has 0 aliphatic rings. The first kappa shape index (κ1) is 7.32. The van der Waals surface area contributed by atoms with E-state index in [4.69, 9.17) is 5.26 Å². The van der Waals surface area contributed by atoms with Crippen LogP contribution in [-0.4, -0.2) is 10.2 Å². The van der Waals surface area contributed by atoms with Crippen molar-refractivity contribution in [1.82, 2.24) is 10.2 Å². The van der Waals surface area contributed by atoms with Crippen LogP contribution in [0.25, 0.3) is 10.9 Å². The first-order valence-electron chi connectivity index (χ1n) is 3.34. The summed E-state index contributed by atoms with van der Waals surface area (Å²) in [5.41, 5.74) is 1.51. The summed E-state index contributed by atoms with van der Waals surface area (Å²) in [6, 6.07) is 5.70. The zero-order chi connectivity index (χ0) is 8.55. The number of aromatic amines is 1. The van der Waals surface area contributed by atoms with Gasteiger partial charge in [-0.25, -0.2) is 0 Å². The van der Waals surface area contributed by atoms with Crippen LogP contribution in [0.1, 0.15) is 5.56 Å². The maximum atomic E-state index is 8.74. The Morgan fingerprint density at radius 1 is 1.50 bits per heavy atom. The van der Waals surface area contributed by atoms with Crippen molar-refractivity contribution < 1.29 is 0 Å². The molecule has 2 rings (SSSR count). The Morgan fingerprint density at radius 2 is 2.33 bits per heavy atom. The molecule has 1 N–H and O–H groups in total. The quantitative estimate of drug-likeness (QED) is 0.742. The van der Waals surface area contributed by atoms with E-state index >= 15 is 0 Å². The number of nitrogens with one attached hydrogen (secondary N) is 1. The van der Waals surface area contributed by atoms with E-state index in [1.165, 1.54) is 0 Å². The van der Waals surface area contributed by atoms with Crippen molar-refractivity contribution in [2.24, 2.45) is 0 Å². The summed E-state index contributed by atoms with van der Waals surface area (Å²) < 4.78 is 0.925. The number of H-pyrrole nitrogens is 1. The number of hydrogen-bond acceptors (Lipinski definition) is 2. The van der Waals surface area contributed by atoms with E-state index in [9.17, 15) is 0 Å². The largest absolute Gasteiger partial charge is 0.277 e. The van der Waals surface area contributed by atoms with Gasteiger partial charge in [0, 0.05) is 9.86 Å². The lowest BCUT2D eigenvalue weighted by molar-refractivity contribution is 1.12. The van der Waals surface area contributed by atoms with E-state index in [1.54, 1.807) is 12.3 Å². The third-order valence-electron chi connectivity index (χ3n) is 1.69. The SMILES string of the molecule is N#Cc1ccc(Br)c2[nH]ncc12. The molecule has 12 heavy (non-hydrogen) atoms. The third-order valence-corrected chi connectivity index (χ3v) is 2.35. The molecule has 0 amide bonds. The van der Waals surface area contributed by atoms with Crippen molar-refractivity contribution >= 4 is 26.8 Å². The molecule has 0 fully saturated rings. The van der Waals surface area contributed by atoms with Crippen LogP contribution in [0, 0.1) is 11.3 Å². The van der Waals surface area contributed by atoms with Crippen LogP contribution >= 0.6 is 15.9 Å². The van der Waals surface area contributed by atoms with Crippen LogP contribution in [0.4, 0.5) is 0 Å². The van der Waals surface area contributed by atoms with Crippen LogP contribution in [0.15, 0.2) is 22.8 Å². The number of benzene rings is 1. The van der Waals surface area contributed by atoms with Crippen molar-refractivity contribution in [3.05, 3.63) is 28.4 Å². The van der Waals surface area contributed by atoms with Gasteiger partial charge in [0.25, 0.3) is 0 Å². The molecule has 0 aliphatic heterocycles. The normalized spacial score (nSPS) is 10.0. The molecule has 0 aliphatic carbocycles. The molecular formula is C8H4BrN3. The van der Waals surface area contributed by atoms with E-state index in [0.29, 0.717) is 5.56 Å². The second-order valence-corrected chi connectivity index (χ2v) is 3.22. The molecule has 2 aromatic rings. The number of fused-ring (bicyclic) bond motifs is 1. The van der Waals surface area contributed by atoms with Gasteiger partial charge in [0.05, 0.1) is 23.3 Å². The molecule has 0 saturated carbocycles. The minimum absolute atomic E-state index is 0.641. The maximum absolute atomic E-state index is 8.74. The lowest BCUT2D eigenvalue weighted by atomic mass is 10.1. The molecule has 4 heteroatoms. The summed E-state index contributed by atoms with van der Waals surface area (Å²) in [6.45, 7) is 0. The molecule has 1 aromatic carbocycles. The zero-order valence-corrected chi connectivity index (χ0v) is 7.59. The number of nitriles is 1. The minimum Gasteiger partial charge on any atom is -0.277 e. The summed E-state index contributed by atoms with van der Waals surface area (Å²) in [5, 5.41) is 16.3. The lowest BCUT2D eigenvalue weighted by Gasteiger charge is -1.93. The highest BCUT2D eigenvalue weighted by Crippen LogP contribution is 2.23. The summed E-state index contributed by atoms with van der Waals surface area (Å²) in [4.78, 5) is 0. The Hall–Kier alpha value is -1.34. The van der Waals surface area contributed by atoms with Crippen molar-refractivity contribution in [3.63, 3.8) is 0 Å². The first-order valence-corrected chi connectivity index (χ1v) is 4.14. The van der Waals surface area contributed by atoms with E-state index in [2.05, 4.69) is 32.2 Å². The van der Waals surface area contributed by atoms with Crippen LogP contribution in [-0.2, 0) is 0 Å². The fraction of sp³-hybridized carbons (Fsp3) is 0. The Morgan fingerprint density at radius 3 is 3.08 bits per heavy atom. The third kappa shape index (κ3) is 0.908. The first-order chi connectivity index (χ1) is 5.83. The van der Waals surface area contributed by atoms with E-state index in [1.807, 2.05) is 6.07 Å². The molecule has 0 bridgehead atoms. The van der Waals surface area contributed by atoms with Crippen molar-refractivity contribution in [2.75, 3.05) is 0 Å². The Balaban J connectivity index is 2.94. The highest BCUT2D eigenvalue weighted by atomic mass is 79.9. The van der Waals surface area contributed by atoms with E-state index < -0.39 is 0 Å². The average Bonchev–Trinajstić information content (AvgIpc) is 2.54. The second-order valence-electron chi connectivity index (χ2n) is 2.37. The minimum atomic E-state index is 0.641. The van der Waals surface area contributed by atoms with Gasteiger partial charge in [0.2, 0.25) is 0 Å². The molecule has 0 spiro atoms. The Labute approximate surface area is 77.1 Å². The molecule has 0 unspecified atom stereocenters. The van der Waals surface area contributed by atoms with Gasteiger partial charge in [-0.3, -0.25) is 5.10 Å². The van der Waals surface area contributed by atoms with Gasteiger partial charge >= 0.3 is 0 Å². The van der Waals surface area contributed by atoms with Gasteiger partial charge in [-0.2, -0.15) is 10.4 Å². The van der Waals surface area contributed by atoms with E-state index in [0.717, 1.165) is 15.4 Å². The van der Waals surface area contributed by atoms with Gasteiger partial charge in [0.1, 0.15) is 0 Å². The Kier molecular flexibility index (Phi) is 1.59. The van der Waals surface area contributed by atoms with Gasteiger partial charge in [-0.15, -0.1) is 0 Å². The molecule has 1 aromatic heterocycles. The number of aromatic nitrogens is 2. The smallest absolute Gasteiger partial charge is 0.0999 e. The predicted molar refractivity (Wildman–Crippen MR) is 48.5 cm³/mol. The maximum Gasteiger partial charge on any atom is 0.0999 e. The lowest BCUT2D eigenvalue weighted by Crippen LogP contribution is -1.76. The van der Waals surface area contributed by atoms with Gasteiger partial charge in [-0.05, 0) is 28.1 Å². The van der Waals surface area contributed by atoms with Gasteiger partial charge in [-0.1, -0.05) is 0 Å². The molecule has 0 atom stereocenters. The molecule has 1 heterocycles. The number of hydrogen-bond donors (Lipinski definition) is 1. The Bertz CT molecular complexity index is 467. The molecule has 0 radical (unpaired) electrons. The fourth-order valence-electron chi connectivity index (χ4n) is 1.10. The summed E-state index contributed by atoms with van der Waals surface area (Å²) in [5.74, 6) is 0. The molecular weight excluding hydrogens is 218 g/mol. The molecule has 3 nitrogen and oxygen atoms in total. The van der Waals surface area contributed by atoms with Crippen LogP contribution in [0.2, 0.25) is 0 Å². The summed E-state index contributed by atoms with van der Waals surface area (Å²) in [7, 11) is 0. The van der Waals surface area contributed by atoms with Crippen molar-refractivity contribution in [1.29, 1.82) is 5.26 Å². The second kappa shape index (κ2) is 2.61. The number of nitrogens with zero attached hydrogens (tertiary/aromatic N) is 2. The average molecular weight is 222 g/mol. The monoisotopic (exact) mass is 221 g/mol. The summed E-state index contributed by atoms with van der Waals surface area (Å²) in [6.07, 6.45) is 1.65. The van der Waals surface area contributed by atoms with Crippen LogP contribution in [0.3, 0.4) is 0 Å². The standard InChI is InChI=1S/C8H4BrN3/c9-7-2-1-5(3-10)6-4-11-12-8(6)7/h1-2,4H,(H,11,12). The van der Waals surface area contributed by atoms with E-state index in [-0.39, 0.29) is 0 Å². The fourth-order valence-corrected chi connectivity index (χ4v) is 1.53. The van der Waals surface area contributed by atoms with Crippen LogP contribution < -0.4 is 0 Å². The molecule has 0 saturated heterocycles. The number of halogens is 1. The zero-order valence-electron chi connectivity index (χ0n) is 6.00. The highest BCUT2D eigenvalue weighted by Gasteiger charge is 2.04. The summed E-state index contributed by atoms with van der Waals surface area (Å²) >= 11 is 3.36. The predicted octanol–water partition coefficient (Wildman–Crippen LogP) is 2.20. The van der Waals surface area contributed by atoms with Crippen LogP contribution in [0.5, 0.6) is 0 Å². The van der Waals surface area contributed by atoms with Crippen molar-refractivity contribution in [2.45, 2.75) is 0 Å². The number of rotatable bonds is 0. The molecule has 58 valence electrons. The van der Waals surface area contributed by atoms with Gasteiger partial charge < -0.3 is 0 Å². The van der Waals surface area contributed by atoms with Gasteiger partial charge in [0.15, 0.2) is 0 Å². The highest BCUT2D eigenvalue weighted by molar-refractivity contribution is 9.10. The van der Waals surface area contributed by atoms with Crippen molar-refractivity contribution in [3.8, 4) is 6.07 Å². The topological polar surface area (TPSA) is 52.5 Å².